The minimum atomic E-state index is -0.303. The Bertz CT molecular complexity index is 271. The van der Waals surface area contributed by atoms with Crippen molar-refractivity contribution in [2.75, 3.05) is 25.1 Å². The molecule has 5 heteroatoms. The molecule has 0 aliphatic carbocycles. The molecule has 1 saturated heterocycles. The van der Waals surface area contributed by atoms with Crippen molar-refractivity contribution < 1.29 is 9.59 Å². The first-order valence-corrected chi connectivity index (χ1v) is 7.62. The predicted molar refractivity (Wildman–Crippen MR) is 71.0 cm³/mol. The molecule has 1 heterocycles. The van der Waals surface area contributed by atoms with Crippen molar-refractivity contribution in [2.45, 2.75) is 38.6 Å². The van der Waals surface area contributed by atoms with Gasteiger partial charge in [0.25, 0.3) is 0 Å². The topological polar surface area (TPSA) is 49.4 Å². The molecule has 0 aromatic rings. The van der Waals surface area contributed by atoms with E-state index >= 15 is 0 Å². The number of thioether (sulfide) groups is 1. The molecular formula is C12H22N2O2S. The van der Waals surface area contributed by atoms with Crippen molar-refractivity contribution in [3.8, 4) is 0 Å². The first-order chi connectivity index (χ1) is 8.16. The highest BCUT2D eigenvalue weighted by Gasteiger charge is 2.29. The van der Waals surface area contributed by atoms with Crippen LogP contribution in [0.4, 0.5) is 0 Å². The number of carbonyl (C=O) groups is 2. The van der Waals surface area contributed by atoms with Crippen molar-refractivity contribution in [3.63, 3.8) is 0 Å². The third-order valence-corrected chi connectivity index (χ3v) is 3.78. The van der Waals surface area contributed by atoms with Gasteiger partial charge >= 0.3 is 0 Å². The van der Waals surface area contributed by atoms with Crippen LogP contribution in [-0.4, -0.2) is 47.9 Å². The van der Waals surface area contributed by atoms with Crippen LogP contribution in [0.2, 0.25) is 0 Å². The molecule has 0 aromatic heterocycles. The Morgan fingerprint density at radius 1 is 1.29 bits per heavy atom. The van der Waals surface area contributed by atoms with E-state index in [1.807, 2.05) is 11.8 Å². The van der Waals surface area contributed by atoms with E-state index < -0.39 is 0 Å². The summed E-state index contributed by atoms with van der Waals surface area (Å²) in [6.45, 7) is 2.67. The van der Waals surface area contributed by atoms with Gasteiger partial charge in [-0.15, -0.1) is 0 Å². The monoisotopic (exact) mass is 258 g/mol. The molecule has 0 radical (unpaired) electrons. The highest BCUT2D eigenvalue weighted by Crippen LogP contribution is 2.09. The van der Waals surface area contributed by atoms with Gasteiger partial charge < -0.3 is 10.2 Å². The first-order valence-electron chi connectivity index (χ1n) is 6.23. The fourth-order valence-corrected chi connectivity index (χ4v) is 2.46. The summed E-state index contributed by atoms with van der Waals surface area (Å²) < 4.78 is 0. The third kappa shape index (κ3) is 4.58. The van der Waals surface area contributed by atoms with Crippen molar-refractivity contribution in [1.82, 2.24) is 10.2 Å². The van der Waals surface area contributed by atoms with Crippen LogP contribution in [0.15, 0.2) is 0 Å². The van der Waals surface area contributed by atoms with E-state index in [0.717, 1.165) is 12.8 Å². The lowest BCUT2D eigenvalue weighted by molar-refractivity contribution is -0.144. The maximum Gasteiger partial charge on any atom is 0.242 e. The molecule has 1 N–H and O–H groups in total. The molecule has 0 spiro atoms. The Balaban J connectivity index is 2.20. The van der Waals surface area contributed by atoms with Crippen LogP contribution in [0.25, 0.3) is 0 Å². The number of nitrogens with one attached hydrogen (secondary N) is 1. The predicted octanol–water partition coefficient (Wildman–Crippen LogP) is 1.26. The molecule has 2 amide bonds. The van der Waals surface area contributed by atoms with Crippen molar-refractivity contribution >= 4 is 23.6 Å². The minimum Gasteiger partial charge on any atom is -0.345 e. The standard InChI is InChI=1S/C12H22N2O2S/c1-10-12(16)13-9-11(15)14(10)7-5-3-4-6-8-17-2/h10H,3-9H2,1-2H3,(H,13,16). The zero-order chi connectivity index (χ0) is 12.7. The van der Waals surface area contributed by atoms with E-state index in [1.165, 1.54) is 18.6 Å². The molecule has 0 aromatic carbocycles. The molecule has 0 saturated carbocycles. The molecular weight excluding hydrogens is 236 g/mol. The van der Waals surface area contributed by atoms with Gasteiger partial charge in [0, 0.05) is 6.54 Å². The number of hydrogen-bond acceptors (Lipinski definition) is 3. The van der Waals surface area contributed by atoms with Gasteiger partial charge in [0.15, 0.2) is 0 Å². The molecule has 1 aliphatic rings. The van der Waals surface area contributed by atoms with Crippen LogP contribution in [-0.2, 0) is 9.59 Å². The van der Waals surface area contributed by atoms with Gasteiger partial charge in [0.1, 0.15) is 6.04 Å². The van der Waals surface area contributed by atoms with Crippen molar-refractivity contribution in [2.24, 2.45) is 0 Å². The number of carbonyl (C=O) groups excluding carboxylic acids is 2. The van der Waals surface area contributed by atoms with E-state index in [4.69, 9.17) is 0 Å². The summed E-state index contributed by atoms with van der Waals surface area (Å²) in [5, 5.41) is 2.60. The second-order valence-corrected chi connectivity index (χ2v) is 5.37. The van der Waals surface area contributed by atoms with Gasteiger partial charge in [0.2, 0.25) is 11.8 Å². The average Bonchev–Trinajstić information content (AvgIpc) is 2.32. The molecule has 0 bridgehead atoms. The van der Waals surface area contributed by atoms with Crippen LogP contribution >= 0.6 is 11.8 Å². The second-order valence-electron chi connectivity index (χ2n) is 4.39. The largest absolute Gasteiger partial charge is 0.345 e. The Labute approximate surface area is 108 Å². The Morgan fingerprint density at radius 3 is 2.71 bits per heavy atom. The van der Waals surface area contributed by atoms with E-state index in [1.54, 1.807) is 11.8 Å². The molecule has 1 fully saturated rings. The lowest BCUT2D eigenvalue weighted by Gasteiger charge is -2.32. The molecule has 1 atom stereocenters. The lowest BCUT2D eigenvalue weighted by Crippen LogP contribution is -2.57. The van der Waals surface area contributed by atoms with Crippen LogP contribution in [0.1, 0.15) is 32.6 Å². The fourth-order valence-electron chi connectivity index (χ4n) is 1.97. The fraction of sp³-hybridized carbons (Fsp3) is 0.833. The van der Waals surface area contributed by atoms with Gasteiger partial charge in [-0.2, -0.15) is 11.8 Å². The highest BCUT2D eigenvalue weighted by molar-refractivity contribution is 7.98. The Hall–Kier alpha value is -0.710. The summed E-state index contributed by atoms with van der Waals surface area (Å²) in [4.78, 5) is 24.7. The zero-order valence-corrected chi connectivity index (χ0v) is 11.5. The summed E-state index contributed by atoms with van der Waals surface area (Å²) in [5.74, 6) is 1.22. The van der Waals surface area contributed by atoms with Gasteiger partial charge in [-0.05, 0) is 31.8 Å². The Morgan fingerprint density at radius 2 is 2.00 bits per heavy atom. The minimum absolute atomic E-state index is 0.0352. The third-order valence-electron chi connectivity index (χ3n) is 3.08. The maximum atomic E-state index is 11.6. The van der Waals surface area contributed by atoms with Crippen molar-refractivity contribution in [1.29, 1.82) is 0 Å². The second kappa shape index (κ2) is 7.58. The quantitative estimate of drug-likeness (QED) is 0.699. The lowest BCUT2D eigenvalue weighted by atomic mass is 10.1. The van der Waals surface area contributed by atoms with E-state index in [-0.39, 0.29) is 24.4 Å². The SMILES string of the molecule is CSCCCCCCN1C(=O)CNC(=O)C1C. The number of amides is 2. The summed E-state index contributed by atoms with van der Waals surface area (Å²) >= 11 is 1.87. The van der Waals surface area contributed by atoms with Gasteiger partial charge in [0.05, 0.1) is 6.54 Å². The molecule has 4 nitrogen and oxygen atoms in total. The smallest absolute Gasteiger partial charge is 0.242 e. The molecule has 1 rings (SSSR count). The number of piperazine rings is 1. The average molecular weight is 258 g/mol. The molecule has 17 heavy (non-hydrogen) atoms. The number of unbranched alkanes of at least 4 members (excludes halogenated alkanes) is 3. The number of rotatable bonds is 7. The maximum absolute atomic E-state index is 11.6. The van der Waals surface area contributed by atoms with Crippen LogP contribution in [0.3, 0.4) is 0 Å². The Kier molecular flexibility index (Phi) is 6.40. The molecule has 1 unspecified atom stereocenters. The van der Waals surface area contributed by atoms with Crippen LogP contribution in [0.5, 0.6) is 0 Å². The van der Waals surface area contributed by atoms with E-state index in [9.17, 15) is 9.59 Å². The van der Waals surface area contributed by atoms with Crippen molar-refractivity contribution in [3.05, 3.63) is 0 Å². The summed E-state index contributed by atoms with van der Waals surface area (Å²) in [5.41, 5.74) is 0. The van der Waals surface area contributed by atoms with E-state index in [2.05, 4.69) is 11.6 Å². The molecule has 1 aliphatic heterocycles. The molecule has 98 valence electrons. The normalized spacial score (nSPS) is 20.6. The van der Waals surface area contributed by atoms with Gasteiger partial charge in [-0.25, -0.2) is 0 Å². The summed E-state index contributed by atoms with van der Waals surface area (Å²) in [6, 6.07) is -0.303. The highest BCUT2D eigenvalue weighted by atomic mass is 32.2. The van der Waals surface area contributed by atoms with Gasteiger partial charge in [-0.1, -0.05) is 12.8 Å². The summed E-state index contributed by atoms with van der Waals surface area (Å²) in [6.07, 6.45) is 6.71. The number of hydrogen-bond donors (Lipinski definition) is 1. The van der Waals surface area contributed by atoms with Crippen LogP contribution < -0.4 is 5.32 Å². The van der Waals surface area contributed by atoms with E-state index in [0.29, 0.717) is 6.54 Å². The number of nitrogens with zero attached hydrogens (tertiary/aromatic N) is 1. The van der Waals surface area contributed by atoms with Crippen LogP contribution in [0, 0.1) is 0 Å². The first kappa shape index (κ1) is 14.4. The zero-order valence-electron chi connectivity index (χ0n) is 10.7. The summed E-state index contributed by atoms with van der Waals surface area (Å²) in [7, 11) is 0. The van der Waals surface area contributed by atoms with Gasteiger partial charge in [-0.3, -0.25) is 9.59 Å².